The van der Waals surface area contributed by atoms with Crippen LogP contribution in [0.15, 0.2) is 47.1 Å². The summed E-state index contributed by atoms with van der Waals surface area (Å²) in [6.07, 6.45) is 1.28. The van der Waals surface area contributed by atoms with Gasteiger partial charge in [-0.3, -0.25) is 9.59 Å². The first-order valence-corrected chi connectivity index (χ1v) is 5.56. The minimum absolute atomic E-state index is 0.132. The average molecular weight is 244 g/mol. The van der Waals surface area contributed by atoms with Crippen LogP contribution in [0.1, 0.15) is 19.4 Å². The molecule has 0 spiro atoms. The van der Waals surface area contributed by atoms with E-state index in [4.69, 9.17) is 0 Å². The van der Waals surface area contributed by atoms with Gasteiger partial charge in [0.05, 0.1) is 6.54 Å². The van der Waals surface area contributed by atoms with Crippen LogP contribution in [-0.4, -0.2) is 23.4 Å². The third-order valence-corrected chi connectivity index (χ3v) is 2.50. The van der Waals surface area contributed by atoms with Gasteiger partial charge in [0.1, 0.15) is 0 Å². The van der Waals surface area contributed by atoms with Crippen molar-refractivity contribution in [1.29, 1.82) is 0 Å². The van der Waals surface area contributed by atoms with Gasteiger partial charge < -0.3 is 0 Å². The highest BCUT2D eigenvalue weighted by atomic mass is 16.2. The maximum Gasteiger partial charge on any atom is 0.267 e. The summed E-state index contributed by atoms with van der Waals surface area (Å²) in [5, 5.41) is 4.90. The number of hydrogen-bond acceptors (Lipinski definition) is 3. The second kappa shape index (κ2) is 6.49. The van der Waals surface area contributed by atoms with Crippen molar-refractivity contribution in [3.8, 4) is 0 Å². The zero-order chi connectivity index (χ0) is 13.5. The Kier molecular flexibility index (Phi) is 4.99. The van der Waals surface area contributed by atoms with Gasteiger partial charge in [0, 0.05) is 12.8 Å². The second-order valence-corrected chi connectivity index (χ2v) is 3.91. The predicted molar refractivity (Wildman–Crippen MR) is 71.0 cm³/mol. The number of allylic oxidation sites excluding steroid dienone is 1. The molecule has 0 aromatic heterocycles. The zero-order valence-corrected chi connectivity index (χ0v) is 10.6. The van der Waals surface area contributed by atoms with Gasteiger partial charge in [-0.1, -0.05) is 30.3 Å². The normalized spacial score (nSPS) is 10.9. The fourth-order valence-electron chi connectivity index (χ4n) is 1.32. The zero-order valence-electron chi connectivity index (χ0n) is 10.6. The van der Waals surface area contributed by atoms with E-state index in [0.717, 1.165) is 5.56 Å². The van der Waals surface area contributed by atoms with E-state index < -0.39 is 0 Å². The molecule has 0 N–H and O–H groups in total. The van der Waals surface area contributed by atoms with E-state index in [1.807, 2.05) is 30.3 Å². The lowest BCUT2D eigenvalue weighted by Gasteiger charge is -2.14. The molecule has 0 fully saturated rings. The summed E-state index contributed by atoms with van der Waals surface area (Å²) >= 11 is 0. The van der Waals surface area contributed by atoms with E-state index in [-0.39, 0.29) is 11.7 Å². The molecule has 0 saturated heterocycles. The van der Waals surface area contributed by atoms with Crippen LogP contribution in [0.4, 0.5) is 0 Å². The summed E-state index contributed by atoms with van der Waals surface area (Å²) < 4.78 is 0. The SMILES string of the molecule is C=NN(Cc1ccccc1)C(=O)/C=C(\C)C(C)=O. The molecular weight excluding hydrogens is 228 g/mol. The molecule has 0 heterocycles. The molecule has 0 bridgehead atoms. The highest BCUT2D eigenvalue weighted by molar-refractivity contribution is 6.00. The van der Waals surface area contributed by atoms with E-state index in [1.165, 1.54) is 18.0 Å². The van der Waals surface area contributed by atoms with E-state index in [1.54, 1.807) is 6.92 Å². The van der Waals surface area contributed by atoms with Gasteiger partial charge in [0.25, 0.3) is 5.91 Å². The molecule has 1 rings (SSSR count). The Morgan fingerprint density at radius 3 is 2.39 bits per heavy atom. The summed E-state index contributed by atoms with van der Waals surface area (Å²) in [4.78, 5) is 22.9. The van der Waals surface area contributed by atoms with Crippen molar-refractivity contribution in [2.75, 3.05) is 0 Å². The van der Waals surface area contributed by atoms with Crippen LogP contribution >= 0.6 is 0 Å². The highest BCUT2D eigenvalue weighted by Gasteiger charge is 2.11. The Morgan fingerprint density at radius 2 is 1.89 bits per heavy atom. The van der Waals surface area contributed by atoms with Crippen molar-refractivity contribution in [1.82, 2.24) is 5.01 Å². The standard InChI is InChI=1S/C14H16N2O2/c1-11(12(2)17)9-14(18)16(15-3)10-13-7-5-4-6-8-13/h4-9H,3,10H2,1-2H3/b11-9+. The topological polar surface area (TPSA) is 49.7 Å². The Hall–Kier alpha value is -2.23. The third-order valence-electron chi connectivity index (χ3n) is 2.50. The van der Waals surface area contributed by atoms with Crippen molar-refractivity contribution >= 4 is 18.4 Å². The third kappa shape index (κ3) is 3.97. The second-order valence-electron chi connectivity index (χ2n) is 3.91. The molecule has 0 atom stereocenters. The number of ketones is 1. The molecular formula is C14H16N2O2. The molecule has 1 aromatic carbocycles. The molecule has 0 aliphatic rings. The fraction of sp³-hybridized carbons (Fsp3) is 0.214. The molecule has 0 aliphatic carbocycles. The van der Waals surface area contributed by atoms with E-state index >= 15 is 0 Å². The number of amides is 1. The van der Waals surface area contributed by atoms with Crippen LogP contribution in [-0.2, 0) is 16.1 Å². The van der Waals surface area contributed by atoms with Gasteiger partial charge in [-0.2, -0.15) is 5.10 Å². The van der Waals surface area contributed by atoms with E-state index in [0.29, 0.717) is 12.1 Å². The average Bonchev–Trinajstić information content (AvgIpc) is 2.36. The first-order valence-electron chi connectivity index (χ1n) is 5.56. The van der Waals surface area contributed by atoms with Gasteiger partial charge in [-0.05, 0) is 25.0 Å². The number of carbonyl (C=O) groups excluding carboxylic acids is 2. The number of nitrogens with zero attached hydrogens (tertiary/aromatic N) is 2. The van der Waals surface area contributed by atoms with Gasteiger partial charge in [0.2, 0.25) is 0 Å². The maximum atomic E-state index is 11.9. The summed E-state index contributed by atoms with van der Waals surface area (Å²) in [6.45, 7) is 6.73. The lowest BCUT2D eigenvalue weighted by Crippen LogP contribution is -2.23. The van der Waals surface area contributed by atoms with Crippen LogP contribution in [0, 0.1) is 0 Å². The molecule has 0 radical (unpaired) electrons. The molecule has 18 heavy (non-hydrogen) atoms. The van der Waals surface area contributed by atoms with Crippen molar-refractivity contribution in [3.05, 3.63) is 47.5 Å². The molecule has 1 amide bonds. The summed E-state index contributed by atoms with van der Waals surface area (Å²) in [5.41, 5.74) is 1.36. The first kappa shape index (κ1) is 13.8. The molecule has 0 saturated carbocycles. The number of Topliss-reactive ketones (excluding diaryl/α,β-unsaturated/α-hetero) is 1. The minimum atomic E-state index is -0.346. The smallest absolute Gasteiger partial charge is 0.267 e. The van der Waals surface area contributed by atoms with Gasteiger partial charge >= 0.3 is 0 Å². The lowest BCUT2D eigenvalue weighted by molar-refractivity contribution is -0.127. The first-order chi connectivity index (χ1) is 8.54. The predicted octanol–water partition coefficient (Wildman–Crippen LogP) is 2.17. The maximum absolute atomic E-state index is 11.9. The van der Waals surface area contributed by atoms with Crippen molar-refractivity contribution in [3.63, 3.8) is 0 Å². The fourth-order valence-corrected chi connectivity index (χ4v) is 1.32. The van der Waals surface area contributed by atoms with Crippen molar-refractivity contribution < 1.29 is 9.59 Å². The van der Waals surface area contributed by atoms with Crippen LogP contribution in [0.5, 0.6) is 0 Å². The molecule has 4 nitrogen and oxygen atoms in total. The van der Waals surface area contributed by atoms with Crippen LogP contribution in [0.3, 0.4) is 0 Å². The van der Waals surface area contributed by atoms with E-state index in [2.05, 4.69) is 11.8 Å². The van der Waals surface area contributed by atoms with Crippen molar-refractivity contribution in [2.45, 2.75) is 20.4 Å². The number of hydrazone groups is 1. The summed E-state index contributed by atoms with van der Waals surface area (Å²) in [5.74, 6) is -0.478. The highest BCUT2D eigenvalue weighted by Crippen LogP contribution is 2.06. The largest absolute Gasteiger partial charge is 0.295 e. The van der Waals surface area contributed by atoms with E-state index in [9.17, 15) is 9.59 Å². The van der Waals surface area contributed by atoms with Gasteiger partial charge in [0.15, 0.2) is 5.78 Å². The molecule has 1 aromatic rings. The van der Waals surface area contributed by atoms with Gasteiger partial charge in [-0.25, -0.2) is 5.01 Å². The number of rotatable bonds is 5. The number of hydrogen-bond donors (Lipinski definition) is 0. The van der Waals surface area contributed by atoms with Crippen LogP contribution in [0.2, 0.25) is 0 Å². The molecule has 0 aliphatic heterocycles. The lowest BCUT2D eigenvalue weighted by atomic mass is 10.2. The summed E-state index contributed by atoms with van der Waals surface area (Å²) in [6, 6.07) is 9.46. The summed E-state index contributed by atoms with van der Waals surface area (Å²) in [7, 11) is 0. The Labute approximate surface area is 107 Å². The van der Waals surface area contributed by atoms with Crippen molar-refractivity contribution in [2.24, 2.45) is 5.10 Å². The molecule has 0 unspecified atom stereocenters. The quantitative estimate of drug-likeness (QED) is 0.453. The Balaban J connectivity index is 2.79. The Bertz CT molecular complexity index is 478. The minimum Gasteiger partial charge on any atom is -0.295 e. The molecule has 94 valence electrons. The number of benzene rings is 1. The van der Waals surface area contributed by atoms with Crippen LogP contribution < -0.4 is 0 Å². The Morgan fingerprint density at radius 1 is 1.28 bits per heavy atom. The van der Waals surface area contributed by atoms with Crippen LogP contribution in [0.25, 0.3) is 0 Å². The molecule has 4 heteroatoms. The number of carbonyl (C=O) groups is 2. The van der Waals surface area contributed by atoms with Gasteiger partial charge in [-0.15, -0.1) is 0 Å². The monoisotopic (exact) mass is 244 g/mol.